The summed E-state index contributed by atoms with van der Waals surface area (Å²) in [7, 11) is 1.95. The van der Waals surface area contributed by atoms with E-state index in [-0.39, 0.29) is 34.5 Å². The second-order valence-electron chi connectivity index (χ2n) is 9.76. The molecule has 1 aliphatic heterocycles. The first-order chi connectivity index (χ1) is 20.2. The molecule has 0 atom stereocenters. The number of hydrogen-bond donors (Lipinski definition) is 3. The molecule has 0 saturated carbocycles. The van der Waals surface area contributed by atoms with Gasteiger partial charge in [-0.05, 0) is 48.9 Å². The van der Waals surface area contributed by atoms with Gasteiger partial charge in [0.05, 0.1) is 16.8 Å². The van der Waals surface area contributed by atoms with E-state index in [1.165, 1.54) is 42.7 Å². The van der Waals surface area contributed by atoms with Crippen molar-refractivity contribution in [3.05, 3.63) is 82.7 Å². The molecule has 2 aromatic carbocycles. The summed E-state index contributed by atoms with van der Waals surface area (Å²) < 4.78 is 83.4. The number of rotatable bonds is 6. The van der Waals surface area contributed by atoms with Gasteiger partial charge in [-0.1, -0.05) is 18.1 Å². The molecule has 0 spiro atoms. The minimum Gasteiger partial charge on any atom is -0.404 e. The Morgan fingerprint density at radius 3 is 2.47 bits per heavy atom. The Labute approximate surface area is 243 Å². The first-order valence-corrected chi connectivity index (χ1v) is 12.8. The van der Waals surface area contributed by atoms with Crippen LogP contribution >= 0.6 is 0 Å². The van der Waals surface area contributed by atoms with Crippen LogP contribution in [0.4, 0.5) is 37.7 Å². The zero-order valence-corrected chi connectivity index (χ0v) is 22.7. The Kier molecular flexibility index (Phi) is 9.27. The van der Waals surface area contributed by atoms with Gasteiger partial charge in [-0.25, -0.2) is 0 Å². The number of benzene rings is 2. The Bertz CT molecular complexity index is 1570. The van der Waals surface area contributed by atoms with Crippen LogP contribution in [0.25, 0.3) is 0 Å². The number of nitrogens with one attached hydrogen (secondary N) is 2. The van der Waals surface area contributed by atoms with Crippen molar-refractivity contribution in [2.45, 2.75) is 19.1 Å². The number of alkyl halides is 6. The first kappa shape index (κ1) is 31.3. The highest BCUT2D eigenvalue weighted by molar-refractivity contribution is 6.14. The van der Waals surface area contributed by atoms with Gasteiger partial charge in [0.1, 0.15) is 5.71 Å². The van der Waals surface area contributed by atoms with E-state index in [2.05, 4.69) is 31.8 Å². The average Bonchev–Trinajstić information content (AvgIpc) is 2.94. The van der Waals surface area contributed by atoms with Gasteiger partial charge >= 0.3 is 12.5 Å². The third-order valence-electron chi connectivity index (χ3n) is 6.56. The van der Waals surface area contributed by atoms with E-state index in [9.17, 15) is 31.1 Å². The van der Waals surface area contributed by atoms with Crippen LogP contribution in [-0.2, 0) is 12.7 Å². The molecule has 8 nitrogen and oxygen atoms in total. The number of pyridine rings is 1. The smallest absolute Gasteiger partial charge is 0.404 e. The fourth-order valence-corrected chi connectivity index (χ4v) is 4.32. The molecule has 4 N–H and O–H groups in total. The molecule has 0 radical (unpaired) electrons. The van der Waals surface area contributed by atoms with Gasteiger partial charge in [0, 0.05) is 61.9 Å². The van der Waals surface area contributed by atoms with Crippen LogP contribution in [0.15, 0.2) is 54.9 Å². The van der Waals surface area contributed by atoms with E-state index in [1.54, 1.807) is 0 Å². The number of anilines is 2. The second kappa shape index (κ2) is 12.7. The molecule has 0 unspecified atom stereocenters. The maximum absolute atomic E-state index is 13.9. The maximum Gasteiger partial charge on any atom is 0.573 e. The number of piperazine rings is 1. The number of carbonyl (C=O) groups is 1. The third kappa shape index (κ3) is 8.46. The number of para-hydroxylation sites is 1. The number of aromatic nitrogens is 1. The number of ether oxygens (including phenoxy) is 1. The molecular formula is C29H26F6N6O2. The summed E-state index contributed by atoms with van der Waals surface area (Å²) >= 11 is 0. The fourth-order valence-electron chi connectivity index (χ4n) is 4.32. The number of halogens is 6. The molecule has 3 aromatic rings. The number of nitrogens with two attached hydrogens (primary N) is 1. The summed E-state index contributed by atoms with van der Waals surface area (Å²) in [4.78, 5) is 20.8. The maximum atomic E-state index is 13.9. The normalized spacial score (nSPS) is 14.5. The van der Waals surface area contributed by atoms with Gasteiger partial charge in [-0.2, -0.15) is 13.2 Å². The van der Waals surface area contributed by atoms with Crippen LogP contribution in [-0.4, -0.2) is 66.0 Å². The Hall–Kier alpha value is -4.61. The molecule has 0 bridgehead atoms. The minimum atomic E-state index is -4.98. The fraction of sp³-hybridized carbons (Fsp3) is 0.276. The van der Waals surface area contributed by atoms with Crippen LogP contribution in [0.5, 0.6) is 5.75 Å². The Balaban J connectivity index is 1.48. The summed E-state index contributed by atoms with van der Waals surface area (Å²) in [5.41, 5.74) is 4.11. The standard InChI is InChI=1S/C29H26F6N6O2/c1-40-9-11-41(12-10-40)17-19-6-7-21(14-23(19)28(30,31)32)39-27(42)20-13-18(15-38-16-20)5-8-24(36)22-3-2-4-25(26(22)37)43-29(33,34)35/h2-4,6-7,13-16,36H,9-12,17,37H2,1H3,(H,39,42). The highest BCUT2D eigenvalue weighted by Crippen LogP contribution is 2.35. The SMILES string of the molecule is CN1CCN(Cc2ccc(NC(=O)c3cncc(C#CC(=N)c4cccc(OC(F)(F)F)c4N)c3)cc2C(F)(F)F)CC1. The lowest BCUT2D eigenvalue weighted by Gasteiger charge is -2.33. The Morgan fingerprint density at radius 1 is 1.07 bits per heavy atom. The molecule has 1 amide bonds. The van der Waals surface area contributed by atoms with E-state index in [4.69, 9.17) is 11.1 Å². The van der Waals surface area contributed by atoms with Crippen molar-refractivity contribution in [2.24, 2.45) is 0 Å². The number of carbonyl (C=O) groups excluding carboxylic acids is 1. The van der Waals surface area contributed by atoms with E-state index < -0.39 is 41.2 Å². The number of nitrogens with zero attached hydrogens (tertiary/aromatic N) is 3. The number of likely N-dealkylation sites (N-methyl/N-ethyl adjacent to an activating group) is 1. The highest BCUT2D eigenvalue weighted by Gasteiger charge is 2.34. The monoisotopic (exact) mass is 604 g/mol. The summed E-state index contributed by atoms with van der Waals surface area (Å²) in [6.07, 6.45) is -7.15. The molecule has 226 valence electrons. The molecule has 43 heavy (non-hydrogen) atoms. The van der Waals surface area contributed by atoms with Crippen LogP contribution < -0.4 is 15.8 Å². The van der Waals surface area contributed by atoms with E-state index in [0.717, 1.165) is 25.2 Å². The van der Waals surface area contributed by atoms with Gasteiger partial charge < -0.3 is 20.7 Å². The molecule has 1 fully saturated rings. The van der Waals surface area contributed by atoms with Crippen LogP contribution in [0, 0.1) is 17.3 Å². The van der Waals surface area contributed by atoms with E-state index in [0.29, 0.717) is 13.1 Å². The Morgan fingerprint density at radius 2 is 1.79 bits per heavy atom. The van der Waals surface area contributed by atoms with Crippen molar-refractivity contribution >= 4 is 23.0 Å². The molecule has 14 heteroatoms. The quantitative estimate of drug-likeness (QED) is 0.158. The van der Waals surface area contributed by atoms with Crippen LogP contribution in [0.1, 0.15) is 32.6 Å². The van der Waals surface area contributed by atoms with Crippen molar-refractivity contribution in [3.63, 3.8) is 0 Å². The van der Waals surface area contributed by atoms with Gasteiger partial charge in [-0.3, -0.25) is 20.1 Å². The highest BCUT2D eigenvalue weighted by atomic mass is 19.4. The van der Waals surface area contributed by atoms with Crippen LogP contribution in [0.3, 0.4) is 0 Å². The lowest BCUT2D eigenvalue weighted by molar-refractivity contribution is -0.274. The summed E-state index contributed by atoms with van der Waals surface area (Å²) in [5, 5.41) is 10.6. The van der Waals surface area contributed by atoms with Crippen molar-refractivity contribution in [1.82, 2.24) is 14.8 Å². The van der Waals surface area contributed by atoms with Crippen molar-refractivity contribution in [1.29, 1.82) is 5.41 Å². The molecular weight excluding hydrogens is 578 g/mol. The molecule has 1 aliphatic rings. The topological polar surface area (TPSA) is 108 Å². The minimum absolute atomic E-state index is 0.0199. The zero-order chi connectivity index (χ0) is 31.4. The predicted molar refractivity (Wildman–Crippen MR) is 148 cm³/mol. The summed E-state index contributed by atoms with van der Waals surface area (Å²) in [6, 6.07) is 8.46. The number of amides is 1. The average molecular weight is 605 g/mol. The van der Waals surface area contributed by atoms with Crippen molar-refractivity contribution in [2.75, 3.05) is 44.3 Å². The van der Waals surface area contributed by atoms with Crippen molar-refractivity contribution in [3.8, 4) is 17.6 Å². The first-order valence-electron chi connectivity index (χ1n) is 12.8. The number of nitrogen functional groups attached to an aromatic ring is 1. The third-order valence-corrected chi connectivity index (χ3v) is 6.56. The zero-order valence-electron chi connectivity index (χ0n) is 22.7. The van der Waals surface area contributed by atoms with Crippen molar-refractivity contribution < 1.29 is 35.9 Å². The van der Waals surface area contributed by atoms with Gasteiger partial charge in [0.2, 0.25) is 0 Å². The summed E-state index contributed by atoms with van der Waals surface area (Å²) in [5.74, 6) is 3.60. The summed E-state index contributed by atoms with van der Waals surface area (Å²) in [6.45, 7) is 2.93. The predicted octanol–water partition coefficient (Wildman–Crippen LogP) is 5.00. The molecule has 4 rings (SSSR count). The lowest BCUT2D eigenvalue weighted by Crippen LogP contribution is -2.44. The largest absolute Gasteiger partial charge is 0.573 e. The second-order valence-corrected chi connectivity index (χ2v) is 9.76. The molecule has 1 aromatic heterocycles. The number of hydrogen-bond acceptors (Lipinski definition) is 7. The van der Waals surface area contributed by atoms with Gasteiger partial charge in [-0.15, -0.1) is 13.2 Å². The van der Waals surface area contributed by atoms with Gasteiger partial charge in [0.15, 0.2) is 5.75 Å². The molecule has 1 saturated heterocycles. The molecule has 2 heterocycles. The lowest BCUT2D eigenvalue weighted by atomic mass is 10.0. The van der Waals surface area contributed by atoms with E-state index >= 15 is 0 Å². The van der Waals surface area contributed by atoms with Crippen LogP contribution in [0.2, 0.25) is 0 Å². The van der Waals surface area contributed by atoms with E-state index in [1.807, 2.05) is 11.9 Å². The molecule has 0 aliphatic carbocycles. The van der Waals surface area contributed by atoms with Gasteiger partial charge in [0.25, 0.3) is 5.91 Å².